The average Bonchev–Trinajstić information content (AvgIpc) is 2.16. The zero-order valence-electron chi connectivity index (χ0n) is 8.70. The van der Waals surface area contributed by atoms with E-state index in [0.717, 1.165) is 10.7 Å². The molecule has 0 saturated carbocycles. The molecule has 0 fully saturated rings. The van der Waals surface area contributed by atoms with E-state index in [4.69, 9.17) is 0 Å². The van der Waals surface area contributed by atoms with Gasteiger partial charge in [-0.25, -0.2) is 8.42 Å². The molecule has 3 nitrogen and oxygen atoms in total. The predicted molar refractivity (Wildman–Crippen MR) is 70.6 cm³/mol. The number of halogens is 2. The van der Waals surface area contributed by atoms with Gasteiger partial charge in [-0.05, 0) is 19.1 Å². The van der Waals surface area contributed by atoms with Crippen molar-refractivity contribution in [1.82, 2.24) is 0 Å². The lowest BCUT2D eigenvalue weighted by Gasteiger charge is -2.18. The number of Topliss-reactive ketones (excluding diaryl/α,β-unsaturated/α-hetero) is 1. The summed E-state index contributed by atoms with van der Waals surface area (Å²) in [5.41, 5.74) is 0.355. The SMILES string of the molecule is C[C@](Br)(C(=O)c1ccc(Br)cc1)S(C)(=O)=O. The van der Waals surface area contributed by atoms with E-state index in [1.807, 2.05) is 0 Å². The number of hydrogen-bond donors (Lipinski definition) is 0. The summed E-state index contributed by atoms with van der Waals surface area (Å²) in [6.45, 7) is 1.34. The van der Waals surface area contributed by atoms with Gasteiger partial charge in [0.1, 0.15) is 0 Å². The molecule has 0 aromatic heterocycles. The Morgan fingerprint density at radius 2 is 1.69 bits per heavy atom. The van der Waals surface area contributed by atoms with Gasteiger partial charge in [0.25, 0.3) is 0 Å². The van der Waals surface area contributed by atoms with Gasteiger partial charge in [0, 0.05) is 16.3 Å². The van der Waals surface area contributed by atoms with Crippen LogP contribution in [-0.4, -0.2) is 24.1 Å². The first-order chi connectivity index (χ1) is 7.16. The zero-order chi connectivity index (χ0) is 12.6. The first-order valence-electron chi connectivity index (χ1n) is 4.35. The van der Waals surface area contributed by atoms with Crippen molar-refractivity contribution in [1.29, 1.82) is 0 Å². The molecule has 0 heterocycles. The standard InChI is InChI=1S/C10H10Br2O3S/c1-10(12,16(2,14)15)9(13)7-3-5-8(11)6-4-7/h3-6H,1-2H3/t10-/m1/s1. The molecular formula is C10H10Br2O3S. The van der Waals surface area contributed by atoms with Crippen LogP contribution in [0, 0.1) is 0 Å². The van der Waals surface area contributed by atoms with Gasteiger partial charge < -0.3 is 0 Å². The lowest BCUT2D eigenvalue weighted by atomic mass is 10.1. The van der Waals surface area contributed by atoms with Crippen molar-refractivity contribution in [3.63, 3.8) is 0 Å². The third-order valence-corrected chi connectivity index (χ3v) is 6.44. The molecule has 1 atom stereocenters. The molecule has 0 radical (unpaired) electrons. The van der Waals surface area contributed by atoms with Crippen molar-refractivity contribution >= 4 is 47.5 Å². The molecule has 0 amide bonds. The van der Waals surface area contributed by atoms with Crippen molar-refractivity contribution in [3.05, 3.63) is 34.3 Å². The minimum atomic E-state index is -3.50. The van der Waals surface area contributed by atoms with Crippen molar-refractivity contribution in [3.8, 4) is 0 Å². The van der Waals surface area contributed by atoms with E-state index in [1.54, 1.807) is 24.3 Å². The van der Waals surface area contributed by atoms with E-state index in [-0.39, 0.29) is 0 Å². The Morgan fingerprint density at radius 3 is 2.06 bits per heavy atom. The molecule has 6 heteroatoms. The van der Waals surface area contributed by atoms with E-state index >= 15 is 0 Å². The maximum atomic E-state index is 12.0. The summed E-state index contributed by atoms with van der Waals surface area (Å²) in [5, 5.41) is 0. The van der Waals surface area contributed by atoms with E-state index in [1.165, 1.54) is 6.92 Å². The van der Waals surface area contributed by atoms with Gasteiger partial charge in [0.2, 0.25) is 0 Å². The number of sulfone groups is 1. The van der Waals surface area contributed by atoms with E-state index < -0.39 is 19.3 Å². The summed E-state index contributed by atoms with van der Waals surface area (Å²) in [6, 6.07) is 6.55. The Bertz CT molecular complexity index is 503. The van der Waals surface area contributed by atoms with Crippen molar-refractivity contribution < 1.29 is 13.2 Å². The maximum absolute atomic E-state index is 12.0. The van der Waals surface area contributed by atoms with Crippen LogP contribution in [-0.2, 0) is 9.84 Å². The second-order valence-corrected chi connectivity index (χ2v) is 8.91. The van der Waals surface area contributed by atoms with E-state index in [2.05, 4.69) is 31.9 Å². The summed E-state index contributed by atoms with van der Waals surface area (Å²) >= 11 is 6.22. The van der Waals surface area contributed by atoms with Crippen LogP contribution in [0.2, 0.25) is 0 Å². The van der Waals surface area contributed by atoms with Gasteiger partial charge in [0.05, 0.1) is 0 Å². The van der Waals surface area contributed by atoms with Crippen molar-refractivity contribution in [2.24, 2.45) is 0 Å². The normalized spacial score (nSPS) is 15.5. The third-order valence-electron chi connectivity index (χ3n) is 2.21. The first kappa shape index (κ1) is 13.9. The second kappa shape index (κ2) is 4.58. The van der Waals surface area contributed by atoms with Crippen LogP contribution in [0.1, 0.15) is 17.3 Å². The molecule has 0 bridgehead atoms. The highest BCUT2D eigenvalue weighted by Crippen LogP contribution is 2.29. The highest BCUT2D eigenvalue weighted by molar-refractivity contribution is 9.12. The molecule has 0 aliphatic heterocycles. The van der Waals surface area contributed by atoms with Gasteiger partial charge in [-0.3, -0.25) is 4.79 Å². The fourth-order valence-electron chi connectivity index (χ4n) is 1.03. The largest absolute Gasteiger partial charge is 0.291 e. The minimum absolute atomic E-state index is 0.355. The van der Waals surface area contributed by atoms with Crippen LogP contribution in [0.3, 0.4) is 0 Å². The van der Waals surface area contributed by atoms with Crippen LogP contribution < -0.4 is 0 Å². The van der Waals surface area contributed by atoms with Gasteiger partial charge in [-0.1, -0.05) is 44.0 Å². The topological polar surface area (TPSA) is 51.2 Å². The number of ketones is 1. The summed E-state index contributed by atoms with van der Waals surface area (Å²) in [6.07, 6.45) is 1.03. The molecule has 1 aromatic carbocycles. The summed E-state index contributed by atoms with van der Waals surface area (Å²) in [7, 11) is -3.50. The molecule has 16 heavy (non-hydrogen) atoms. The molecule has 0 aliphatic rings. The minimum Gasteiger partial charge on any atom is -0.291 e. The van der Waals surface area contributed by atoms with Gasteiger partial charge in [-0.2, -0.15) is 0 Å². The van der Waals surface area contributed by atoms with Gasteiger partial charge in [-0.15, -0.1) is 0 Å². The predicted octanol–water partition coefficient (Wildman–Crippen LogP) is 2.79. The number of hydrogen-bond acceptors (Lipinski definition) is 3. The van der Waals surface area contributed by atoms with Crippen molar-refractivity contribution in [2.75, 3.05) is 6.26 Å². The van der Waals surface area contributed by atoms with Crippen LogP contribution in [0.15, 0.2) is 28.7 Å². The van der Waals surface area contributed by atoms with Crippen LogP contribution >= 0.6 is 31.9 Å². The molecule has 0 saturated heterocycles. The molecular weight excluding hydrogens is 360 g/mol. The smallest absolute Gasteiger partial charge is 0.194 e. The number of benzene rings is 1. The molecule has 88 valence electrons. The Hall–Kier alpha value is -0.200. The van der Waals surface area contributed by atoms with Gasteiger partial charge in [0.15, 0.2) is 19.3 Å². The fourth-order valence-corrected chi connectivity index (χ4v) is 1.98. The van der Waals surface area contributed by atoms with E-state index in [0.29, 0.717) is 5.56 Å². The second-order valence-electron chi connectivity index (χ2n) is 3.52. The number of carbonyl (C=O) groups excluding carboxylic acids is 1. The third kappa shape index (κ3) is 2.73. The first-order valence-corrected chi connectivity index (χ1v) is 7.83. The molecule has 0 N–H and O–H groups in total. The molecule has 0 unspecified atom stereocenters. The van der Waals surface area contributed by atoms with Gasteiger partial charge >= 0.3 is 0 Å². The molecule has 0 spiro atoms. The monoisotopic (exact) mass is 368 g/mol. The van der Waals surface area contributed by atoms with E-state index in [9.17, 15) is 13.2 Å². The maximum Gasteiger partial charge on any atom is 0.194 e. The Balaban J connectivity index is 3.18. The Labute approximate surface area is 111 Å². The molecule has 1 rings (SSSR count). The quantitative estimate of drug-likeness (QED) is 0.608. The van der Waals surface area contributed by atoms with Crippen molar-refractivity contribution in [2.45, 2.75) is 10.6 Å². The lowest BCUT2D eigenvalue weighted by molar-refractivity contribution is 0.0983. The molecule has 0 aliphatic carbocycles. The number of alkyl halides is 1. The Kier molecular flexibility index (Phi) is 3.97. The summed E-state index contributed by atoms with van der Waals surface area (Å²) in [4.78, 5) is 12.0. The summed E-state index contributed by atoms with van der Waals surface area (Å²) < 4.78 is 22.2. The zero-order valence-corrected chi connectivity index (χ0v) is 12.7. The van der Waals surface area contributed by atoms with Crippen LogP contribution in [0.25, 0.3) is 0 Å². The summed E-state index contributed by atoms with van der Waals surface area (Å²) in [5.74, 6) is -0.470. The fraction of sp³-hybridized carbons (Fsp3) is 0.300. The van der Waals surface area contributed by atoms with Crippen LogP contribution in [0.5, 0.6) is 0 Å². The van der Waals surface area contributed by atoms with Crippen LogP contribution in [0.4, 0.5) is 0 Å². The average molecular weight is 370 g/mol. The molecule has 1 aromatic rings. The highest BCUT2D eigenvalue weighted by atomic mass is 79.9. The number of carbonyl (C=O) groups is 1. The number of rotatable bonds is 3. The highest BCUT2D eigenvalue weighted by Gasteiger charge is 2.41. The lowest BCUT2D eigenvalue weighted by Crippen LogP contribution is -2.36. The Morgan fingerprint density at radius 1 is 1.25 bits per heavy atom.